The molecule has 1 aromatic heterocycles. The van der Waals surface area contributed by atoms with Crippen LogP contribution in [0.15, 0.2) is 30.6 Å². The number of amides is 1. The van der Waals surface area contributed by atoms with Gasteiger partial charge in [-0.05, 0) is 30.5 Å². The number of aromatic nitrogens is 2. The summed E-state index contributed by atoms with van der Waals surface area (Å²) in [7, 11) is 3.21. The van der Waals surface area contributed by atoms with Crippen molar-refractivity contribution in [2.24, 2.45) is 0 Å². The van der Waals surface area contributed by atoms with Crippen LogP contribution in [0.3, 0.4) is 0 Å². The molecular formula is C20H27N3O3. The summed E-state index contributed by atoms with van der Waals surface area (Å²) >= 11 is 0. The normalized spacial score (nSPS) is 17.2. The first kappa shape index (κ1) is 18.3. The number of rotatable bonds is 6. The van der Waals surface area contributed by atoms with E-state index in [1.165, 1.54) is 0 Å². The number of ether oxygens (including phenoxy) is 2. The number of imidazole rings is 1. The number of piperidine rings is 1. The molecule has 1 saturated heterocycles. The average molecular weight is 357 g/mol. The second-order valence-electron chi connectivity index (χ2n) is 6.61. The monoisotopic (exact) mass is 357 g/mol. The highest BCUT2D eigenvalue weighted by atomic mass is 16.5. The summed E-state index contributed by atoms with van der Waals surface area (Å²) in [6.07, 6.45) is 7.27. The van der Waals surface area contributed by atoms with Crippen molar-refractivity contribution in [2.45, 2.75) is 38.6 Å². The van der Waals surface area contributed by atoms with E-state index in [9.17, 15) is 4.79 Å². The van der Waals surface area contributed by atoms with E-state index in [0.717, 1.165) is 43.7 Å². The number of hydrogen-bond donors (Lipinski definition) is 0. The molecule has 26 heavy (non-hydrogen) atoms. The molecule has 2 aromatic rings. The highest BCUT2D eigenvalue weighted by Gasteiger charge is 2.25. The molecule has 1 unspecified atom stereocenters. The van der Waals surface area contributed by atoms with Gasteiger partial charge in [-0.15, -0.1) is 0 Å². The molecule has 1 aliphatic rings. The molecule has 1 aromatic carbocycles. The van der Waals surface area contributed by atoms with Crippen LogP contribution in [0.5, 0.6) is 11.5 Å². The summed E-state index contributed by atoms with van der Waals surface area (Å²) in [5.74, 6) is 2.57. The number of carbonyl (C=O) groups excluding carboxylic acids is 1. The van der Waals surface area contributed by atoms with Gasteiger partial charge in [0.1, 0.15) is 5.82 Å². The highest BCUT2D eigenvalue weighted by molar-refractivity contribution is 5.79. The van der Waals surface area contributed by atoms with Crippen molar-refractivity contribution in [1.29, 1.82) is 0 Å². The lowest BCUT2D eigenvalue weighted by atomic mass is 10.0. The summed E-state index contributed by atoms with van der Waals surface area (Å²) < 4.78 is 12.8. The third kappa shape index (κ3) is 3.84. The molecule has 1 aliphatic heterocycles. The third-order valence-electron chi connectivity index (χ3n) is 5.01. The van der Waals surface area contributed by atoms with Gasteiger partial charge in [0.15, 0.2) is 11.5 Å². The molecule has 6 heteroatoms. The summed E-state index contributed by atoms with van der Waals surface area (Å²) in [4.78, 5) is 19.2. The van der Waals surface area contributed by atoms with Gasteiger partial charge in [0.05, 0.1) is 26.7 Å². The molecule has 3 rings (SSSR count). The summed E-state index contributed by atoms with van der Waals surface area (Å²) in [6.45, 7) is 3.68. The Morgan fingerprint density at radius 3 is 2.81 bits per heavy atom. The largest absolute Gasteiger partial charge is 0.493 e. The average Bonchev–Trinajstić information content (AvgIpc) is 3.16. The van der Waals surface area contributed by atoms with E-state index in [4.69, 9.17) is 9.47 Å². The molecule has 0 radical (unpaired) electrons. The Bertz CT molecular complexity index is 757. The van der Waals surface area contributed by atoms with Crippen molar-refractivity contribution in [2.75, 3.05) is 27.3 Å². The molecule has 6 nitrogen and oxygen atoms in total. The van der Waals surface area contributed by atoms with Gasteiger partial charge < -0.3 is 18.9 Å². The molecule has 0 bridgehead atoms. The first-order valence-electron chi connectivity index (χ1n) is 9.16. The zero-order valence-corrected chi connectivity index (χ0v) is 15.8. The molecule has 0 N–H and O–H groups in total. The number of benzene rings is 1. The van der Waals surface area contributed by atoms with E-state index in [1.54, 1.807) is 14.2 Å². The maximum Gasteiger partial charge on any atom is 0.227 e. The van der Waals surface area contributed by atoms with Crippen LogP contribution in [0.2, 0.25) is 0 Å². The minimum Gasteiger partial charge on any atom is -0.493 e. The van der Waals surface area contributed by atoms with Gasteiger partial charge in [0.2, 0.25) is 5.91 Å². The lowest BCUT2D eigenvalue weighted by molar-refractivity contribution is -0.132. The van der Waals surface area contributed by atoms with Crippen LogP contribution in [0, 0.1) is 0 Å². The van der Waals surface area contributed by atoms with Crippen LogP contribution in [-0.4, -0.2) is 47.7 Å². The highest BCUT2D eigenvalue weighted by Crippen LogP contribution is 2.28. The molecule has 1 atom stereocenters. The third-order valence-corrected chi connectivity index (χ3v) is 5.01. The molecular weight excluding hydrogens is 330 g/mol. The molecule has 0 saturated carbocycles. The maximum atomic E-state index is 12.8. The standard InChI is InChI=1S/C20H27N3O3/c1-4-19-21-9-11-23(19)16-6-5-10-22(14-16)20(24)13-15-7-8-17(25-2)18(12-15)26-3/h7-9,11-12,16H,4-6,10,13-14H2,1-3H3. The van der Waals surface area contributed by atoms with Gasteiger partial charge in [0, 0.05) is 31.9 Å². The number of hydrogen-bond acceptors (Lipinski definition) is 4. The zero-order chi connectivity index (χ0) is 18.5. The van der Waals surface area contributed by atoms with Crippen LogP contribution in [-0.2, 0) is 17.6 Å². The fraction of sp³-hybridized carbons (Fsp3) is 0.500. The van der Waals surface area contributed by atoms with Gasteiger partial charge in [0.25, 0.3) is 0 Å². The lowest BCUT2D eigenvalue weighted by Gasteiger charge is -2.34. The second-order valence-corrected chi connectivity index (χ2v) is 6.61. The minimum atomic E-state index is 0.153. The first-order valence-corrected chi connectivity index (χ1v) is 9.16. The van der Waals surface area contributed by atoms with E-state index in [0.29, 0.717) is 24.0 Å². The SMILES string of the molecule is CCc1nccn1C1CCCN(C(=O)Cc2ccc(OC)c(OC)c2)C1. The van der Waals surface area contributed by atoms with E-state index >= 15 is 0 Å². The van der Waals surface area contributed by atoms with Crippen molar-refractivity contribution >= 4 is 5.91 Å². The van der Waals surface area contributed by atoms with Crippen molar-refractivity contribution in [3.8, 4) is 11.5 Å². The topological polar surface area (TPSA) is 56.6 Å². The number of carbonyl (C=O) groups is 1. The van der Waals surface area contributed by atoms with E-state index in [1.807, 2.05) is 35.5 Å². The van der Waals surface area contributed by atoms with Crippen molar-refractivity contribution in [3.05, 3.63) is 42.0 Å². The van der Waals surface area contributed by atoms with Crippen molar-refractivity contribution in [3.63, 3.8) is 0 Å². The quantitative estimate of drug-likeness (QED) is 0.798. The minimum absolute atomic E-state index is 0.153. The zero-order valence-electron chi connectivity index (χ0n) is 15.8. The summed E-state index contributed by atoms with van der Waals surface area (Å²) in [5, 5.41) is 0. The molecule has 2 heterocycles. The first-order chi connectivity index (χ1) is 12.7. The Morgan fingerprint density at radius 2 is 2.08 bits per heavy atom. The fourth-order valence-electron chi connectivity index (χ4n) is 3.64. The molecule has 1 amide bonds. The predicted molar refractivity (Wildman–Crippen MR) is 99.7 cm³/mol. The number of likely N-dealkylation sites (tertiary alicyclic amines) is 1. The number of methoxy groups -OCH3 is 2. The van der Waals surface area contributed by atoms with Gasteiger partial charge in [-0.1, -0.05) is 13.0 Å². The molecule has 0 aliphatic carbocycles. The Morgan fingerprint density at radius 1 is 1.27 bits per heavy atom. The van der Waals surface area contributed by atoms with Crippen LogP contribution in [0.25, 0.3) is 0 Å². The summed E-state index contributed by atoms with van der Waals surface area (Å²) in [5.41, 5.74) is 0.937. The Hall–Kier alpha value is -2.50. The lowest BCUT2D eigenvalue weighted by Crippen LogP contribution is -2.41. The van der Waals surface area contributed by atoms with Crippen molar-refractivity contribution in [1.82, 2.24) is 14.5 Å². The van der Waals surface area contributed by atoms with E-state index in [2.05, 4.69) is 16.5 Å². The second kappa shape index (κ2) is 8.25. The molecule has 140 valence electrons. The predicted octanol–water partition coefficient (Wildman–Crippen LogP) is 2.87. The fourth-order valence-corrected chi connectivity index (χ4v) is 3.64. The van der Waals surface area contributed by atoms with Gasteiger partial charge >= 0.3 is 0 Å². The summed E-state index contributed by atoms with van der Waals surface area (Å²) in [6, 6.07) is 5.96. The smallest absolute Gasteiger partial charge is 0.227 e. The Balaban J connectivity index is 1.68. The van der Waals surface area contributed by atoms with Crippen molar-refractivity contribution < 1.29 is 14.3 Å². The maximum absolute atomic E-state index is 12.8. The van der Waals surface area contributed by atoms with Gasteiger partial charge in [-0.3, -0.25) is 4.79 Å². The molecule has 0 spiro atoms. The van der Waals surface area contributed by atoms with Crippen LogP contribution in [0.4, 0.5) is 0 Å². The van der Waals surface area contributed by atoms with Gasteiger partial charge in [-0.25, -0.2) is 4.98 Å². The Labute approximate surface area is 154 Å². The van der Waals surface area contributed by atoms with E-state index in [-0.39, 0.29) is 5.91 Å². The van der Waals surface area contributed by atoms with Crippen LogP contribution < -0.4 is 9.47 Å². The number of nitrogens with zero attached hydrogens (tertiary/aromatic N) is 3. The van der Waals surface area contributed by atoms with Crippen LogP contribution in [0.1, 0.15) is 37.2 Å². The number of aryl methyl sites for hydroxylation is 1. The molecule has 1 fully saturated rings. The Kier molecular flexibility index (Phi) is 5.81. The van der Waals surface area contributed by atoms with Gasteiger partial charge in [-0.2, -0.15) is 0 Å². The van der Waals surface area contributed by atoms with Crippen LogP contribution >= 0.6 is 0 Å². The van der Waals surface area contributed by atoms with E-state index < -0.39 is 0 Å².